The number of nitrogens with one attached hydrogen (secondary N) is 1. The van der Waals surface area contributed by atoms with Gasteiger partial charge in [-0.05, 0) is 61.4 Å². The highest BCUT2D eigenvalue weighted by atomic mass is 35.5. The molecule has 2 amide bonds. The Hall–Kier alpha value is -2.78. The van der Waals surface area contributed by atoms with Gasteiger partial charge in [0, 0.05) is 23.6 Å². The number of nitrogens with zero attached hydrogens (tertiary/aromatic N) is 2. The number of hydrogen-bond donors (Lipinski definition) is 1. The molecule has 11 heteroatoms. The Bertz CT molecular complexity index is 1400. The molecule has 38 heavy (non-hydrogen) atoms. The first kappa shape index (κ1) is 29.8. The van der Waals surface area contributed by atoms with Gasteiger partial charge in [0.15, 0.2) is 0 Å². The van der Waals surface area contributed by atoms with E-state index in [1.54, 1.807) is 43.3 Å². The average molecular weight is 597 g/mol. The van der Waals surface area contributed by atoms with Crippen LogP contribution in [0.15, 0.2) is 71.6 Å². The first-order chi connectivity index (χ1) is 18.0. The fourth-order valence-electron chi connectivity index (χ4n) is 3.90. The Morgan fingerprint density at radius 2 is 1.53 bits per heavy atom. The molecule has 1 atom stereocenters. The molecule has 0 saturated carbocycles. The summed E-state index contributed by atoms with van der Waals surface area (Å²) in [7, 11) is -2.77. The topological polar surface area (TPSA) is 86.8 Å². The second-order valence-electron chi connectivity index (χ2n) is 8.61. The quantitative estimate of drug-likeness (QED) is 0.325. The fraction of sp³-hybridized carbons (Fsp3) is 0.259. The number of aryl methyl sites for hydroxylation is 1. The van der Waals surface area contributed by atoms with Crippen molar-refractivity contribution in [3.63, 3.8) is 0 Å². The van der Waals surface area contributed by atoms with E-state index >= 15 is 0 Å². The van der Waals surface area contributed by atoms with Gasteiger partial charge in [-0.1, -0.05) is 71.6 Å². The molecule has 0 saturated heterocycles. The molecule has 0 aliphatic carbocycles. The number of anilines is 1. The van der Waals surface area contributed by atoms with E-state index in [0.29, 0.717) is 11.4 Å². The third kappa shape index (κ3) is 6.99. The molecule has 0 aromatic heterocycles. The number of benzene rings is 3. The summed E-state index contributed by atoms with van der Waals surface area (Å²) in [6.07, 6.45) is 0.307. The minimum Gasteiger partial charge on any atom is -0.357 e. The second kappa shape index (κ2) is 12.8. The summed E-state index contributed by atoms with van der Waals surface area (Å²) >= 11 is 18.6. The van der Waals surface area contributed by atoms with Crippen molar-refractivity contribution < 1.29 is 18.0 Å². The number of rotatable bonds is 10. The molecule has 1 N–H and O–H groups in total. The van der Waals surface area contributed by atoms with Gasteiger partial charge >= 0.3 is 0 Å². The van der Waals surface area contributed by atoms with Gasteiger partial charge in [-0.25, -0.2) is 8.42 Å². The number of amides is 2. The van der Waals surface area contributed by atoms with Crippen LogP contribution in [0.4, 0.5) is 5.69 Å². The summed E-state index contributed by atoms with van der Waals surface area (Å²) in [5.41, 5.74) is 1.64. The first-order valence-electron chi connectivity index (χ1n) is 11.8. The van der Waals surface area contributed by atoms with Crippen LogP contribution < -0.4 is 9.62 Å². The van der Waals surface area contributed by atoms with Crippen LogP contribution in [0, 0.1) is 6.92 Å². The third-order valence-corrected chi connectivity index (χ3v) is 8.54. The zero-order chi connectivity index (χ0) is 28.0. The number of halogens is 3. The van der Waals surface area contributed by atoms with Gasteiger partial charge in [0.05, 0.1) is 15.6 Å². The molecule has 0 spiro atoms. The predicted octanol–water partition coefficient (Wildman–Crippen LogP) is 5.70. The van der Waals surface area contributed by atoms with Crippen molar-refractivity contribution in [2.45, 2.75) is 37.8 Å². The highest BCUT2D eigenvalue weighted by Gasteiger charge is 2.34. The molecule has 202 valence electrons. The largest absolute Gasteiger partial charge is 0.357 e. The van der Waals surface area contributed by atoms with E-state index in [9.17, 15) is 18.0 Å². The molecular weight excluding hydrogens is 569 g/mol. The van der Waals surface area contributed by atoms with E-state index in [2.05, 4.69) is 5.32 Å². The Morgan fingerprint density at radius 1 is 0.921 bits per heavy atom. The maximum Gasteiger partial charge on any atom is 0.264 e. The highest BCUT2D eigenvalue weighted by molar-refractivity contribution is 7.92. The first-order valence-corrected chi connectivity index (χ1v) is 14.3. The van der Waals surface area contributed by atoms with Crippen molar-refractivity contribution in [2.24, 2.45) is 0 Å². The van der Waals surface area contributed by atoms with E-state index < -0.39 is 28.5 Å². The monoisotopic (exact) mass is 595 g/mol. The van der Waals surface area contributed by atoms with Crippen LogP contribution in [0.5, 0.6) is 0 Å². The minimum absolute atomic E-state index is 0.0189. The number of hydrogen-bond acceptors (Lipinski definition) is 4. The average Bonchev–Trinajstić information content (AvgIpc) is 2.89. The molecule has 3 rings (SSSR count). The molecule has 0 radical (unpaired) electrons. The van der Waals surface area contributed by atoms with Crippen molar-refractivity contribution >= 4 is 62.3 Å². The summed E-state index contributed by atoms with van der Waals surface area (Å²) < 4.78 is 28.6. The van der Waals surface area contributed by atoms with Crippen LogP contribution in [-0.2, 0) is 26.2 Å². The zero-order valence-electron chi connectivity index (χ0n) is 21.1. The lowest BCUT2D eigenvalue weighted by Gasteiger charge is -2.33. The van der Waals surface area contributed by atoms with Crippen LogP contribution in [-0.4, -0.2) is 44.8 Å². The van der Waals surface area contributed by atoms with Gasteiger partial charge in [-0.2, -0.15) is 0 Å². The molecule has 7 nitrogen and oxygen atoms in total. The molecule has 3 aromatic carbocycles. The Balaban J connectivity index is 2.10. The molecule has 0 fully saturated rings. The maximum absolute atomic E-state index is 13.9. The number of likely N-dealkylation sites (N-methyl/N-ethyl adjacent to an activating group) is 1. The molecule has 3 aromatic rings. The van der Waals surface area contributed by atoms with Crippen molar-refractivity contribution in [3.05, 3.63) is 92.9 Å². The van der Waals surface area contributed by atoms with Crippen LogP contribution >= 0.6 is 34.8 Å². The van der Waals surface area contributed by atoms with E-state index in [4.69, 9.17) is 34.8 Å². The molecule has 0 aliphatic heterocycles. The summed E-state index contributed by atoms with van der Waals surface area (Å²) in [6, 6.07) is 16.6. The van der Waals surface area contributed by atoms with Crippen molar-refractivity contribution in [2.75, 3.05) is 17.9 Å². The summed E-state index contributed by atoms with van der Waals surface area (Å²) in [5, 5.41) is 3.45. The van der Waals surface area contributed by atoms with Gasteiger partial charge in [-0.15, -0.1) is 0 Å². The molecule has 0 bridgehead atoms. The standard InChI is InChI=1S/C27H28Cl3N3O4S/c1-4-24(27(35)31-3)32(16-19-7-9-20(28)10-8-19)26(34)17-33(25-15-21(29)11-14-23(25)30)38(36,37)22-12-5-18(2)6-13-22/h5-15,24H,4,16-17H2,1-3H3,(H,31,35)/t24-/m1/s1. The third-order valence-electron chi connectivity index (χ3n) is 5.96. The van der Waals surface area contributed by atoms with E-state index in [1.807, 2.05) is 6.92 Å². The predicted molar refractivity (Wildman–Crippen MR) is 152 cm³/mol. The lowest BCUT2D eigenvalue weighted by molar-refractivity contribution is -0.140. The SMILES string of the molecule is CC[C@H](C(=O)NC)N(Cc1ccc(Cl)cc1)C(=O)CN(c1cc(Cl)ccc1Cl)S(=O)(=O)c1ccc(C)cc1. The number of carbonyl (C=O) groups is 2. The van der Waals surface area contributed by atoms with Gasteiger partial charge in [0.25, 0.3) is 10.0 Å². The Kier molecular flexibility index (Phi) is 10.1. The van der Waals surface area contributed by atoms with E-state index in [1.165, 1.54) is 42.3 Å². The van der Waals surface area contributed by atoms with Crippen LogP contribution in [0.2, 0.25) is 15.1 Å². The fourth-order valence-corrected chi connectivity index (χ4v) is 5.89. The van der Waals surface area contributed by atoms with Crippen LogP contribution in [0.25, 0.3) is 0 Å². The lowest BCUT2D eigenvalue weighted by atomic mass is 10.1. The normalized spacial score (nSPS) is 12.1. The van der Waals surface area contributed by atoms with Crippen molar-refractivity contribution in [1.82, 2.24) is 10.2 Å². The molecule has 0 unspecified atom stereocenters. The Labute approximate surface area is 238 Å². The molecule has 0 aliphatic rings. The lowest BCUT2D eigenvalue weighted by Crippen LogP contribution is -2.51. The van der Waals surface area contributed by atoms with Crippen molar-refractivity contribution in [3.8, 4) is 0 Å². The summed E-state index contributed by atoms with van der Waals surface area (Å²) in [6.45, 7) is 3.06. The maximum atomic E-state index is 13.9. The smallest absolute Gasteiger partial charge is 0.264 e. The van der Waals surface area contributed by atoms with Crippen LogP contribution in [0.3, 0.4) is 0 Å². The summed E-state index contributed by atoms with van der Waals surface area (Å²) in [4.78, 5) is 28.0. The van der Waals surface area contributed by atoms with Gasteiger partial charge in [0.1, 0.15) is 12.6 Å². The number of carbonyl (C=O) groups excluding carboxylic acids is 2. The van der Waals surface area contributed by atoms with Gasteiger partial charge < -0.3 is 10.2 Å². The van der Waals surface area contributed by atoms with E-state index in [0.717, 1.165) is 15.4 Å². The van der Waals surface area contributed by atoms with Gasteiger partial charge in [0.2, 0.25) is 11.8 Å². The van der Waals surface area contributed by atoms with E-state index in [-0.39, 0.29) is 33.1 Å². The summed E-state index contributed by atoms with van der Waals surface area (Å²) in [5.74, 6) is -0.967. The highest BCUT2D eigenvalue weighted by Crippen LogP contribution is 2.33. The zero-order valence-corrected chi connectivity index (χ0v) is 24.2. The van der Waals surface area contributed by atoms with Crippen molar-refractivity contribution in [1.29, 1.82) is 0 Å². The number of sulfonamides is 1. The van der Waals surface area contributed by atoms with Crippen LogP contribution in [0.1, 0.15) is 24.5 Å². The molecular formula is C27H28Cl3N3O4S. The Morgan fingerprint density at radius 3 is 2.11 bits per heavy atom. The minimum atomic E-state index is -4.25. The second-order valence-corrected chi connectivity index (χ2v) is 11.7. The van der Waals surface area contributed by atoms with Gasteiger partial charge in [-0.3, -0.25) is 13.9 Å². The molecule has 0 heterocycles.